The molecule has 0 aliphatic carbocycles. The zero-order chi connectivity index (χ0) is 14.7. The van der Waals surface area contributed by atoms with E-state index in [2.05, 4.69) is 20.4 Å². The molecule has 0 N–H and O–H groups in total. The Morgan fingerprint density at radius 2 is 2.38 bits per heavy atom. The lowest BCUT2D eigenvalue weighted by atomic mass is 10.5. The van der Waals surface area contributed by atoms with Gasteiger partial charge in [-0.15, -0.1) is 5.10 Å². The van der Waals surface area contributed by atoms with Gasteiger partial charge in [-0.05, 0) is 13.0 Å². The summed E-state index contributed by atoms with van der Waals surface area (Å²) >= 11 is 0. The second kappa shape index (κ2) is 5.57. The van der Waals surface area contributed by atoms with E-state index in [1.165, 1.54) is 10.9 Å². The van der Waals surface area contributed by atoms with Crippen LogP contribution in [0.2, 0.25) is 0 Å². The quantitative estimate of drug-likeness (QED) is 0.636. The Balaban J connectivity index is 1.75. The van der Waals surface area contributed by atoms with E-state index in [1.54, 1.807) is 24.0 Å². The van der Waals surface area contributed by atoms with Gasteiger partial charge in [-0.2, -0.15) is 14.8 Å². The average molecular weight is 288 g/mol. The van der Waals surface area contributed by atoms with Gasteiger partial charge in [0, 0.05) is 12.4 Å². The third-order valence-corrected chi connectivity index (χ3v) is 2.60. The van der Waals surface area contributed by atoms with Gasteiger partial charge < -0.3 is 9.15 Å². The van der Waals surface area contributed by atoms with E-state index >= 15 is 0 Å². The highest BCUT2D eigenvalue weighted by Crippen LogP contribution is 2.09. The predicted molar refractivity (Wildman–Crippen MR) is 68.7 cm³/mol. The van der Waals surface area contributed by atoms with Crippen LogP contribution >= 0.6 is 0 Å². The van der Waals surface area contributed by atoms with Crippen molar-refractivity contribution in [2.24, 2.45) is 0 Å². The first-order valence-electron chi connectivity index (χ1n) is 6.28. The van der Waals surface area contributed by atoms with Crippen molar-refractivity contribution in [1.82, 2.24) is 29.8 Å². The van der Waals surface area contributed by atoms with E-state index in [1.807, 2.05) is 12.3 Å². The summed E-state index contributed by atoms with van der Waals surface area (Å²) in [5.41, 5.74) is 0.783. The van der Waals surface area contributed by atoms with E-state index in [0.717, 1.165) is 0 Å². The number of rotatable bonds is 5. The van der Waals surface area contributed by atoms with E-state index in [-0.39, 0.29) is 18.3 Å². The van der Waals surface area contributed by atoms with E-state index in [9.17, 15) is 4.79 Å². The van der Waals surface area contributed by atoms with Gasteiger partial charge in [-0.3, -0.25) is 4.68 Å². The average Bonchev–Trinajstić information content (AvgIpc) is 3.20. The number of oxazole rings is 1. The molecule has 3 aromatic rings. The Kier molecular flexibility index (Phi) is 3.46. The second-order valence-electron chi connectivity index (χ2n) is 4.09. The van der Waals surface area contributed by atoms with Crippen LogP contribution < -0.4 is 0 Å². The van der Waals surface area contributed by atoms with Crippen LogP contribution in [0.15, 0.2) is 35.3 Å². The number of aromatic nitrogens is 6. The molecule has 0 bridgehead atoms. The molecule has 0 aliphatic heterocycles. The summed E-state index contributed by atoms with van der Waals surface area (Å²) in [7, 11) is 0. The normalized spacial score (nSPS) is 10.7. The molecule has 0 spiro atoms. The van der Waals surface area contributed by atoms with Crippen LogP contribution in [0.3, 0.4) is 0 Å². The fraction of sp³-hybridized carbons (Fsp3) is 0.250. The molecule has 9 nitrogen and oxygen atoms in total. The lowest BCUT2D eigenvalue weighted by molar-refractivity contribution is 0.0519. The summed E-state index contributed by atoms with van der Waals surface area (Å²) < 4.78 is 13.1. The highest BCUT2D eigenvalue weighted by Gasteiger charge is 2.15. The van der Waals surface area contributed by atoms with Crippen molar-refractivity contribution in [1.29, 1.82) is 0 Å². The molecular formula is C12H12N6O3. The van der Waals surface area contributed by atoms with Crippen molar-refractivity contribution >= 4 is 5.97 Å². The Morgan fingerprint density at radius 3 is 3.14 bits per heavy atom. The molecule has 0 unspecified atom stereocenters. The Hall–Kier alpha value is -2.97. The smallest absolute Gasteiger partial charge is 0.360 e. The van der Waals surface area contributed by atoms with Crippen LogP contribution in [0.4, 0.5) is 0 Å². The third kappa shape index (κ3) is 2.81. The summed E-state index contributed by atoms with van der Waals surface area (Å²) in [5.74, 6) is -0.538. The highest BCUT2D eigenvalue weighted by atomic mass is 16.5. The van der Waals surface area contributed by atoms with Gasteiger partial charge in [0.2, 0.25) is 0 Å². The Bertz CT molecular complexity index is 730. The monoisotopic (exact) mass is 288 g/mol. The topological polar surface area (TPSA) is 101 Å². The zero-order valence-electron chi connectivity index (χ0n) is 11.2. The van der Waals surface area contributed by atoms with Crippen molar-refractivity contribution in [3.05, 3.63) is 42.3 Å². The summed E-state index contributed by atoms with van der Waals surface area (Å²) in [6, 6.07) is 1.97. The lowest BCUT2D eigenvalue weighted by Gasteiger charge is -1.95. The lowest BCUT2D eigenvalue weighted by Crippen LogP contribution is -2.05. The summed E-state index contributed by atoms with van der Waals surface area (Å²) in [6.07, 6.45) is 6.39. The van der Waals surface area contributed by atoms with Gasteiger partial charge in [0.15, 0.2) is 5.69 Å². The number of carbonyl (C=O) groups excluding carboxylic acids is 1. The van der Waals surface area contributed by atoms with Crippen LogP contribution in [-0.2, 0) is 11.3 Å². The number of hydrogen-bond acceptors (Lipinski definition) is 7. The van der Waals surface area contributed by atoms with Gasteiger partial charge >= 0.3 is 12.0 Å². The maximum atomic E-state index is 11.5. The van der Waals surface area contributed by atoms with Gasteiger partial charge in [-0.1, -0.05) is 5.21 Å². The Labute approximate surface area is 119 Å². The molecule has 3 heterocycles. The van der Waals surface area contributed by atoms with Gasteiger partial charge in [0.25, 0.3) is 0 Å². The molecule has 0 saturated carbocycles. The number of esters is 1. The van der Waals surface area contributed by atoms with Gasteiger partial charge in [0.05, 0.1) is 19.3 Å². The van der Waals surface area contributed by atoms with Crippen molar-refractivity contribution in [3.8, 4) is 6.01 Å². The largest absolute Gasteiger partial charge is 0.461 e. The number of carbonyl (C=O) groups is 1. The minimum atomic E-state index is -0.538. The fourth-order valence-electron chi connectivity index (χ4n) is 1.69. The summed E-state index contributed by atoms with van der Waals surface area (Å²) in [4.78, 5) is 15.5. The summed E-state index contributed by atoms with van der Waals surface area (Å²) in [6.45, 7) is 2.48. The van der Waals surface area contributed by atoms with E-state index in [0.29, 0.717) is 12.2 Å². The molecule has 3 aromatic heterocycles. The molecule has 0 atom stereocenters. The molecule has 0 radical (unpaired) electrons. The minimum Gasteiger partial charge on any atom is -0.461 e. The van der Waals surface area contributed by atoms with Crippen LogP contribution in [0.25, 0.3) is 6.01 Å². The predicted octanol–water partition coefficient (Wildman–Crippen LogP) is 0.677. The summed E-state index contributed by atoms with van der Waals surface area (Å²) in [5, 5.41) is 12.0. The number of ether oxygens (including phenoxy) is 1. The Morgan fingerprint density at radius 1 is 1.48 bits per heavy atom. The maximum Gasteiger partial charge on any atom is 0.360 e. The van der Waals surface area contributed by atoms with Crippen LogP contribution in [0, 0.1) is 0 Å². The first kappa shape index (κ1) is 13.0. The minimum absolute atomic E-state index is 0.0935. The SMILES string of the molecule is CCOC(=O)c1coc(-n2cc(Cn3cccn3)nn2)n1. The van der Waals surface area contributed by atoms with Crippen LogP contribution in [-0.4, -0.2) is 42.3 Å². The van der Waals surface area contributed by atoms with E-state index in [4.69, 9.17) is 9.15 Å². The first-order chi connectivity index (χ1) is 10.3. The molecule has 108 valence electrons. The molecular weight excluding hydrogens is 276 g/mol. The molecule has 9 heteroatoms. The number of nitrogens with zero attached hydrogens (tertiary/aromatic N) is 6. The molecule has 3 rings (SSSR count). The molecule has 0 fully saturated rings. The standard InChI is InChI=1S/C12H12N6O3/c1-2-20-11(19)10-8-21-12(14-10)18-7-9(15-16-18)6-17-5-3-4-13-17/h3-5,7-8H,2,6H2,1H3. The molecule has 0 aromatic carbocycles. The van der Waals surface area contributed by atoms with Crippen LogP contribution in [0.5, 0.6) is 0 Å². The van der Waals surface area contributed by atoms with Gasteiger partial charge in [-0.25, -0.2) is 4.79 Å². The fourth-order valence-corrected chi connectivity index (χ4v) is 1.69. The second-order valence-corrected chi connectivity index (χ2v) is 4.09. The van der Waals surface area contributed by atoms with Crippen molar-refractivity contribution in [3.63, 3.8) is 0 Å². The van der Waals surface area contributed by atoms with Gasteiger partial charge in [0.1, 0.15) is 12.0 Å². The highest BCUT2D eigenvalue weighted by molar-refractivity contribution is 5.86. The third-order valence-electron chi connectivity index (χ3n) is 2.60. The molecule has 21 heavy (non-hydrogen) atoms. The van der Waals surface area contributed by atoms with Crippen molar-refractivity contribution in [2.45, 2.75) is 13.5 Å². The molecule has 0 amide bonds. The van der Waals surface area contributed by atoms with E-state index < -0.39 is 5.97 Å². The number of hydrogen-bond donors (Lipinski definition) is 0. The maximum absolute atomic E-state index is 11.5. The zero-order valence-corrected chi connectivity index (χ0v) is 11.2. The van der Waals surface area contributed by atoms with Crippen LogP contribution in [0.1, 0.15) is 23.1 Å². The van der Waals surface area contributed by atoms with Crippen molar-refractivity contribution in [2.75, 3.05) is 6.61 Å². The molecule has 0 saturated heterocycles. The molecule has 0 aliphatic rings. The first-order valence-corrected chi connectivity index (χ1v) is 6.28. The van der Waals surface area contributed by atoms with Crippen molar-refractivity contribution < 1.29 is 13.9 Å².